The number of rotatable bonds is 4. The van der Waals surface area contributed by atoms with Crippen molar-refractivity contribution in [1.82, 2.24) is 5.48 Å². The van der Waals surface area contributed by atoms with E-state index in [1.54, 1.807) is 4.90 Å². The molecular formula is C15H20N2O3. The van der Waals surface area contributed by atoms with E-state index in [0.29, 0.717) is 12.5 Å². The summed E-state index contributed by atoms with van der Waals surface area (Å²) in [6, 6.07) is 7.91. The van der Waals surface area contributed by atoms with E-state index < -0.39 is 0 Å². The topological polar surface area (TPSA) is 58.6 Å². The summed E-state index contributed by atoms with van der Waals surface area (Å²) in [6.07, 6.45) is 0.223. The molecule has 1 aromatic rings. The number of anilines is 1. The van der Waals surface area contributed by atoms with Gasteiger partial charge in [-0.3, -0.25) is 14.4 Å². The van der Waals surface area contributed by atoms with E-state index in [0.717, 1.165) is 5.69 Å². The predicted octanol–water partition coefficient (Wildman–Crippen LogP) is 1.84. The lowest BCUT2D eigenvalue weighted by atomic mass is 10.0. The Bertz CT molecular complexity index is 514. The summed E-state index contributed by atoms with van der Waals surface area (Å²) in [5.41, 5.74) is 4.33. The summed E-state index contributed by atoms with van der Waals surface area (Å²) in [5, 5.41) is 0. The highest BCUT2D eigenvalue weighted by molar-refractivity contribution is 6.00. The largest absolute Gasteiger partial charge is 0.312 e. The smallest absolute Gasteiger partial charge is 0.248 e. The van der Waals surface area contributed by atoms with Crippen LogP contribution in [0.5, 0.6) is 0 Å². The van der Waals surface area contributed by atoms with Crippen molar-refractivity contribution in [2.75, 3.05) is 18.6 Å². The highest BCUT2D eigenvalue weighted by atomic mass is 16.6. The second-order valence-corrected chi connectivity index (χ2v) is 5.33. The normalized spacial score (nSPS) is 18.7. The summed E-state index contributed by atoms with van der Waals surface area (Å²) in [7, 11) is 1.39. The van der Waals surface area contributed by atoms with Crippen LogP contribution < -0.4 is 10.4 Å². The molecule has 1 aromatic carbocycles. The summed E-state index contributed by atoms with van der Waals surface area (Å²) >= 11 is 0. The van der Waals surface area contributed by atoms with Crippen molar-refractivity contribution < 1.29 is 14.4 Å². The Morgan fingerprint density at radius 2 is 2.20 bits per heavy atom. The van der Waals surface area contributed by atoms with Gasteiger partial charge in [0.2, 0.25) is 11.8 Å². The predicted molar refractivity (Wildman–Crippen MR) is 76.1 cm³/mol. The van der Waals surface area contributed by atoms with E-state index in [9.17, 15) is 9.59 Å². The first kappa shape index (κ1) is 14.5. The van der Waals surface area contributed by atoms with Crippen LogP contribution in [0.4, 0.5) is 5.69 Å². The first-order chi connectivity index (χ1) is 9.52. The maximum atomic E-state index is 12.1. The van der Waals surface area contributed by atoms with Crippen molar-refractivity contribution in [3.05, 3.63) is 29.8 Å². The Morgan fingerprint density at radius 1 is 1.45 bits per heavy atom. The number of carbonyl (C=O) groups is 2. The molecule has 1 N–H and O–H groups in total. The molecule has 0 spiro atoms. The van der Waals surface area contributed by atoms with Crippen molar-refractivity contribution in [2.24, 2.45) is 5.92 Å². The Labute approximate surface area is 118 Å². The second-order valence-electron chi connectivity index (χ2n) is 5.33. The Balaban J connectivity index is 2.15. The number of benzene rings is 1. The number of hydroxylamine groups is 1. The molecule has 5 heteroatoms. The molecule has 1 atom stereocenters. The van der Waals surface area contributed by atoms with Crippen LogP contribution in [0, 0.1) is 5.92 Å². The average Bonchev–Trinajstić information content (AvgIpc) is 2.81. The van der Waals surface area contributed by atoms with Crippen LogP contribution in [0.2, 0.25) is 0 Å². The highest BCUT2D eigenvalue weighted by Gasteiger charge is 2.35. The minimum absolute atomic E-state index is 0.0258. The average molecular weight is 276 g/mol. The molecular weight excluding hydrogens is 256 g/mol. The molecule has 2 amide bonds. The summed E-state index contributed by atoms with van der Waals surface area (Å²) in [6.45, 7) is 4.62. The molecule has 20 heavy (non-hydrogen) atoms. The lowest BCUT2D eigenvalue weighted by Crippen LogP contribution is -2.32. The van der Waals surface area contributed by atoms with Crippen LogP contribution in [-0.4, -0.2) is 25.5 Å². The van der Waals surface area contributed by atoms with Gasteiger partial charge in [0, 0.05) is 18.7 Å². The molecule has 0 aliphatic carbocycles. The zero-order valence-corrected chi connectivity index (χ0v) is 12.1. The number of carbonyl (C=O) groups excluding carboxylic acids is 2. The molecule has 1 saturated heterocycles. The van der Waals surface area contributed by atoms with Gasteiger partial charge in [-0.25, -0.2) is 5.48 Å². The van der Waals surface area contributed by atoms with Gasteiger partial charge in [-0.05, 0) is 23.6 Å². The zero-order chi connectivity index (χ0) is 14.7. The van der Waals surface area contributed by atoms with Crippen LogP contribution in [0.15, 0.2) is 24.3 Å². The molecule has 1 fully saturated rings. The lowest BCUT2D eigenvalue weighted by molar-refractivity contribution is -0.135. The third-order valence-electron chi connectivity index (χ3n) is 3.55. The number of hydrogen-bond acceptors (Lipinski definition) is 3. The molecule has 0 radical (unpaired) electrons. The minimum atomic E-state index is -0.356. The molecule has 0 saturated carbocycles. The van der Waals surface area contributed by atoms with Gasteiger partial charge in [0.05, 0.1) is 13.0 Å². The van der Waals surface area contributed by atoms with Gasteiger partial charge in [-0.2, -0.15) is 0 Å². The summed E-state index contributed by atoms with van der Waals surface area (Å²) < 4.78 is 0. The summed E-state index contributed by atoms with van der Waals surface area (Å²) in [5.74, 6) is -0.226. The van der Waals surface area contributed by atoms with E-state index in [-0.39, 0.29) is 24.2 Å². The van der Waals surface area contributed by atoms with E-state index in [4.69, 9.17) is 0 Å². The Kier molecular flexibility index (Phi) is 4.39. The molecule has 2 rings (SSSR count). The van der Waals surface area contributed by atoms with Gasteiger partial charge in [0.1, 0.15) is 0 Å². The number of amides is 2. The van der Waals surface area contributed by atoms with Gasteiger partial charge < -0.3 is 4.90 Å². The van der Waals surface area contributed by atoms with Crippen LogP contribution in [0.3, 0.4) is 0 Å². The van der Waals surface area contributed by atoms with E-state index in [1.807, 2.05) is 24.3 Å². The van der Waals surface area contributed by atoms with Crippen molar-refractivity contribution in [2.45, 2.75) is 26.2 Å². The van der Waals surface area contributed by atoms with Crippen LogP contribution >= 0.6 is 0 Å². The van der Waals surface area contributed by atoms with Crippen molar-refractivity contribution in [1.29, 1.82) is 0 Å². The van der Waals surface area contributed by atoms with Gasteiger partial charge in [-0.1, -0.05) is 26.0 Å². The monoisotopic (exact) mass is 276 g/mol. The highest BCUT2D eigenvalue weighted by Crippen LogP contribution is 2.27. The zero-order valence-electron chi connectivity index (χ0n) is 12.1. The molecule has 0 bridgehead atoms. The molecule has 0 aromatic heterocycles. The van der Waals surface area contributed by atoms with E-state index >= 15 is 0 Å². The number of hydrogen-bond donors (Lipinski definition) is 1. The number of nitrogens with one attached hydrogen (secondary N) is 1. The van der Waals surface area contributed by atoms with Crippen molar-refractivity contribution in [3.63, 3.8) is 0 Å². The maximum Gasteiger partial charge on any atom is 0.248 e. The van der Waals surface area contributed by atoms with E-state index in [1.165, 1.54) is 12.7 Å². The first-order valence-electron chi connectivity index (χ1n) is 6.76. The molecule has 108 valence electrons. The molecule has 1 heterocycles. The fourth-order valence-corrected chi connectivity index (χ4v) is 2.37. The number of nitrogens with zero attached hydrogens (tertiary/aromatic N) is 1. The second kappa shape index (κ2) is 6.05. The quantitative estimate of drug-likeness (QED) is 0.854. The van der Waals surface area contributed by atoms with Gasteiger partial charge in [0.15, 0.2) is 0 Å². The summed E-state index contributed by atoms with van der Waals surface area (Å²) in [4.78, 5) is 30.1. The van der Waals surface area contributed by atoms with Crippen molar-refractivity contribution in [3.8, 4) is 0 Å². The van der Waals surface area contributed by atoms with Gasteiger partial charge >= 0.3 is 0 Å². The molecule has 1 aliphatic rings. The molecule has 5 nitrogen and oxygen atoms in total. The fraction of sp³-hybridized carbons (Fsp3) is 0.467. The standard InChI is InChI=1S/C15H20N2O3/c1-10(2)11-5-4-6-13(7-11)17-9-12(8-14(17)18)15(19)16-20-3/h4-7,10,12H,8-9H2,1-3H3,(H,16,19)/t12-/m0/s1. The van der Waals surface area contributed by atoms with Crippen LogP contribution in [-0.2, 0) is 14.4 Å². The first-order valence-corrected chi connectivity index (χ1v) is 6.76. The Morgan fingerprint density at radius 3 is 2.85 bits per heavy atom. The van der Waals surface area contributed by atoms with Crippen molar-refractivity contribution >= 4 is 17.5 Å². The third-order valence-corrected chi connectivity index (χ3v) is 3.55. The Hall–Kier alpha value is -1.88. The van der Waals surface area contributed by atoms with Crippen LogP contribution in [0.25, 0.3) is 0 Å². The molecule has 1 aliphatic heterocycles. The minimum Gasteiger partial charge on any atom is -0.312 e. The molecule has 0 unspecified atom stereocenters. The maximum absolute atomic E-state index is 12.1. The third kappa shape index (κ3) is 2.99. The lowest BCUT2D eigenvalue weighted by Gasteiger charge is -2.18. The van der Waals surface area contributed by atoms with E-state index in [2.05, 4.69) is 24.2 Å². The van der Waals surface area contributed by atoms with Gasteiger partial charge in [0.25, 0.3) is 0 Å². The fourth-order valence-electron chi connectivity index (χ4n) is 2.37. The SMILES string of the molecule is CONC(=O)[C@H]1CC(=O)N(c2cccc(C(C)C)c2)C1. The van der Waals surface area contributed by atoms with Crippen LogP contribution in [0.1, 0.15) is 31.7 Å². The van der Waals surface area contributed by atoms with Gasteiger partial charge in [-0.15, -0.1) is 0 Å².